The summed E-state index contributed by atoms with van der Waals surface area (Å²) in [6, 6.07) is 11.7. The monoisotopic (exact) mass is 607 g/mol. The molecule has 3 N–H and O–H groups in total. The number of H-pyrrole nitrogens is 1. The van der Waals surface area contributed by atoms with Gasteiger partial charge in [-0.05, 0) is 88.3 Å². The standard InChI is InChI=1S/C34H41N9O2/c44-31(9-19-40-13-3-1-4-14-40)37-25-21-27-28-22-26(38-32(45)10-20-41-15-5-2-6-16-41)24-30(43-18-8-12-36-43)34(28)39-33(27)29(23-25)42-17-7-11-35-42/h7-8,11-12,17-18,21-24,39H,1-6,9-10,13-16,19-20H2,(H,37,44)(H,38,45). The highest BCUT2D eigenvalue weighted by atomic mass is 16.2. The summed E-state index contributed by atoms with van der Waals surface area (Å²) < 4.78 is 3.61. The molecule has 7 rings (SSSR count). The number of amides is 2. The first-order valence-corrected chi connectivity index (χ1v) is 16.3. The van der Waals surface area contributed by atoms with Crippen LogP contribution < -0.4 is 10.6 Å². The molecule has 3 aromatic heterocycles. The Balaban J connectivity index is 1.23. The average Bonchev–Trinajstić information content (AvgIpc) is 3.86. The van der Waals surface area contributed by atoms with Crippen LogP contribution in [-0.2, 0) is 9.59 Å². The fraction of sp³-hybridized carbons (Fsp3) is 0.412. The second kappa shape index (κ2) is 13.3. The molecule has 2 aliphatic heterocycles. The first-order valence-electron chi connectivity index (χ1n) is 16.3. The second-order valence-corrected chi connectivity index (χ2v) is 12.3. The molecule has 0 bridgehead atoms. The maximum absolute atomic E-state index is 13.1. The zero-order chi connectivity index (χ0) is 30.6. The maximum atomic E-state index is 13.1. The minimum absolute atomic E-state index is 0.00920. The summed E-state index contributed by atoms with van der Waals surface area (Å²) in [5, 5.41) is 17.2. The Morgan fingerprint density at radius 2 is 1.09 bits per heavy atom. The molecule has 2 saturated heterocycles. The van der Waals surface area contributed by atoms with Gasteiger partial charge >= 0.3 is 0 Å². The number of benzene rings is 2. The Hall–Kier alpha value is -4.48. The van der Waals surface area contributed by atoms with Crippen LogP contribution in [0.15, 0.2) is 61.2 Å². The SMILES string of the molecule is O=C(CCN1CCCCC1)Nc1cc(-n2cccn2)c2[nH]c3c(-n4cccn4)cc(NC(=O)CCN4CCCCC4)cc3c2c1. The molecule has 5 aromatic rings. The van der Waals surface area contributed by atoms with Crippen LogP contribution in [0.1, 0.15) is 51.4 Å². The number of piperidine rings is 2. The molecule has 0 saturated carbocycles. The molecular weight excluding hydrogens is 566 g/mol. The van der Waals surface area contributed by atoms with E-state index in [1.54, 1.807) is 21.8 Å². The number of nitrogens with one attached hydrogen (secondary N) is 3. The number of hydrogen-bond donors (Lipinski definition) is 3. The number of nitrogens with zero attached hydrogens (tertiary/aromatic N) is 6. The van der Waals surface area contributed by atoms with Gasteiger partial charge in [-0.2, -0.15) is 10.2 Å². The van der Waals surface area contributed by atoms with Gasteiger partial charge in [-0.25, -0.2) is 9.36 Å². The summed E-state index contributed by atoms with van der Waals surface area (Å²) in [6.45, 7) is 5.78. The third-order valence-electron chi connectivity index (χ3n) is 9.05. The van der Waals surface area contributed by atoms with Crippen molar-refractivity contribution in [1.29, 1.82) is 0 Å². The molecule has 0 aliphatic carbocycles. The van der Waals surface area contributed by atoms with Crippen molar-refractivity contribution in [1.82, 2.24) is 34.3 Å². The molecule has 11 heteroatoms. The molecule has 2 fully saturated rings. The van der Waals surface area contributed by atoms with Crippen LogP contribution in [0.5, 0.6) is 0 Å². The van der Waals surface area contributed by atoms with Crippen molar-refractivity contribution in [2.75, 3.05) is 49.9 Å². The van der Waals surface area contributed by atoms with Gasteiger partial charge in [-0.1, -0.05) is 12.8 Å². The molecule has 45 heavy (non-hydrogen) atoms. The van der Waals surface area contributed by atoms with Gasteiger partial charge in [0.05, 0.1) is 22.4 Å². The molecular formula is C34H41N9O2. The lowest BCUT2D eigenvalue weighted by Gasteiger charge is -2.26. The van der Waals surface area contributed by atoms with Crippen molar-refractivity contribution in [3.8, 4) is 11.4 Å². The second-order valence-electron chi connectivity index (χ2n) is 12.3. The average molecular weight is 608 g/mol. The minimum atomic E-state index is -0.00920. The first-order chi connectivity index (χ1) is 22.1. The van der Waals surface area contributed by atoms with Crippen molar-refractivity contribution in [3.05, 3.63) is 61.2 Å². The predicted molar refractivity (Wildman–Crippen MR) is 177 cm³/mol. The maximum Gasteiger partial charge on any atom is 0.225 e. The van der Waals surface area contributed by atoms with E-state index in [0.29, 0.717) is 24.2 Å². The van der Waals surface area contributed by atoms with Crippen LogP contribution in [0.25, 0.3) is 33.2 Å². The van der Waals surface area contributed by atoms with E-state index in [2.05, 4.69) is 35.6 Å². The molecule has 234 valence electrons. The summed E-state index contributed by atoms with van der Waals surface area (Å²) in [6.07, 6.45) is 15.5. The van der Waals surface area contributed by atoms with E-state index in [1.165, 1.54) is 38.5 Å². The van der Waals surface area contributed by atoms with Gasteiger partial charge in [-0.15, -0.1) is 0 Å². The van der Waals surface area contributed by atoms with E-state index in [0.717, 1.165) is 72.4 Å². The fourth-order valence-electron chi connectivity index (χ4n) is 6.73. The highest BCUT2D eigenvalue weighted by Gasteiger charge is 2.19. The van der Waals surface area contributed by atoms with Crippen LogP contribution in [0.3, 0.4) is 0 Å². The predicted octanol–water partition coefficient (Wildman–Crippen LogP) is 5.32. The van der Waals surface area contributed by atoms with Crippen molar-refractivity contribution < 1.29 is 9.59 Å². The Morgan fingerprint density at radius 3 is 1.49 bits per heavy atom. The molecule has 0 atom stereocenters. The van der Waals surface area contributed by atoms with Crippen molar-refractivity contribution in [2.24, 2.45) is 0 Å². The number of fused-ring (bicyclic) bond motifs is 3. The van der Waals surface area contributed by atoms with Crippen LogP contribution in [0.2, 0.25) is 0 Å². The quantitative estimate of drug-likeness (QED) is 0.198. The lowest BCUT2D eigenvalue weighted by Crippen LogP contribution is -2.32. The number of rotatable bonds is 10. The van der Waals surface area contributed by atoms with Crippen LogP contribution in [0.4, 0.5) is 11.4 Å². The third-order valence-corrected chi connectivity index (χ3v) is 9.05. The van der Waals surface area contributed by atoms with E-state index in [9.17, 15) is 9.59 Å². The number of carbonyl (C=O) groups is 2. The normalized spacial score (nSPS) is 16.4. The summed E-state index contributed by atoms with van der Waals surface area (Å²) in [5.41, 5.74) is 4.80. The van der Waals surface area contributed by atoms with Gasteiger partial charge in [0.1, 0.15) is 0 Å². The van der Waals surface area contributed by atoms with E-state index >= 15 is 0 Å². The molecule has 2 amide bonds. The minimum Gasteiger partial charge on any atom is -0.351 e. The third kappa shape index (κ3) is 6.64. The van der Waals surface area contributed by atoms with Gasteiger partial charge in [0.2, 0.25) is 11.8 Å². The zero-order valence-corrected chi connectivity index (χ0v) is 25.7. The number of anilines is 2. The summed E-state index contributed by atoms with van der Waals surface area (Å²) in [5.74, 6) is -0.0184. The van der Waals surface area contributed by atoms with Crippen molar-refractivity contribution >= 4 is 45.0 Å². The Labute approximate surface area is 262 Å². The van der Waals surface area contributed by atoms with Crippen molar-refractivity contribution in [2.45, 2.75) is 51.4 Å². The molecule has 2 aromatic carbocycles. The number of carbonyl (C=O) groups excluding carboxylic acids is 2. The van der Waals surface area contributed by atoms with Crippen LogP contribution in [0, 0.1) is 0 Å². The molecule has 2 aliphatic rings. The van der Waals surface area contributed by atoms with Gasteiger partial charge in [0.15, 0.2) is 0 Å². The molecule has 5 heterocycles. The number of hydrogen-bond acceptors (Lipinski definition) is 6. The Morgan fingerprint density at radius 1 is 0.644 bits per heavy atom. The van der Waals surface area contributed by atoms with Gasteiger partial charge in [0, 0.05) is 72.9 Å². The van der Waals surface area contributed by atoms with Crippen molar-refractivity contribution in [3.63, 3.8) is 0 Å². The highest BCUT2D eigenvalue weighted by Crippen LogP contribution is 2.37. The van der Waals surface area contributed by atoms with E-state index < -0.39 is 0 Å². The largest absolute Gasteiger partial charge is 0.351 e. The lowest BCUT2D eigenvalue weighted by molar-refractivity contribution is -0.117. The van der Waals surface area contributed by atoms with Gasteiger partial charge in [0.25, 0.3) is 0 Å². The van der Waals surface area contributed by atoms with Gasteiger partial charge < -0.3 is 25.4 Å². The zero-order valence-electron chi connectivity index (χ0n) is 25.7. The van der Waals surface area contributed by atoms with E-state index in [4.69, 9.17) is 0 Å². The number of likely N-dealkylation sites (tertiary alicyclic amines) is 2. The fourth-order valence-corrected chi connectivity index (χ4v) is 6.73. The summed E-state index contributed by atoms with van der Waals surface area (Å²) >= 11 is 0. The smallest absolute Gasteiger partial charge is 0.225 e. The highest BCUT2D eigenvalue weighted by molar-refractivity contribution is 6.15. The lowest BCUT2D eigenvalue weighted by atomic mass is 10.1. The molecule has 0 radical (unpaired) electrons. The molecule has 0 unspecified atom stereocenters. The van der Waals surface area contributed by atoms with Gasteiger partial charge in [-0.3, -0.25) is 9.59 Å². The summed E-state index contributed by atoms with van der Waals surface area (Å²) in [7, 11) is 0. The van der Waals surface area contributed by atoms with Crippen LogP contribution in [-0.4, -0.2) is 85.4 Å². The van der Waals surface area contributed by atoms with E-state index in [1.807, 2.05) is 48.8 Å². The van der Waals surface area contributed by atoms with Crippen LogP contribution >= 0.6 is 0 Å². The molecule has 11 nitrogen and oxygen atoms in total. The number of aromatic amines is 1. The topological polar surface area (TPSA) is 116 Å². The van der Waals surface area contributed by atoms with E-state index in [-0.39, 0.29) is 11.8 Å². The number of aromatic nitrogens is 5. The molecule has 0 spiro atoms. The Bertz CT molecular complexity index is 1630. The first kappa shape index (κ1) is 29.2. The summed E-state index contributed by atoms with van der Waals surface area (Å²) in [4.78, 5) is 34.6. The Kier molecular flexibility index (Phi) is 8.61.